The summed E-state index contributed by atoms with van der Waals surface area (Å²) in [5, 5.41) is 11.8. The number of amides is 1. The van der Waals surface area contributed by atoms with Crippen LogP contribution < -0.4 is 5.56 Å². The Bertz CT molecular complexity index is 1010. The van der Waals surface area contributed by atoms with Gasteiger partial charge in [-0.05, 0) is 58.6 Å². The lowest BCUT2D eigenvalue weighted by atomic mass is 9.91. The molecule has 2 fully saturated rings. The number of aryl methyl sites for hydroxylation is 2. The number of hydrogen-bond donors (Lipinski definition) is 1. The summed E-state index contributed by atoms with van der Waals surface area (Å²) in [5.41, 5.74) is -0.104. The number of likely N-dealkylation sites (tertiary alicyclic amines) is 2. The van der Waals surface area contributed by atoms with Crippen molar-refractivity contribution in [1.29, 1.82) is 0 Å². The summed E-state index contributed by atoms with van der Waals surface area (Å²) >= 11 is 1.53. The number of thiophene rings is 1. The van der Waals surface area contributed by atoms with Gasteiger partial charge in [-0.1, -0.05) is 6.42 Å². The van der Waals surface area contributed by atoms with Gasteiger partial charge in [0.1, 0.15) is 4.83 Å². The van der Waals surface area contributed by atoms with Crippen LogP contribution in [-0.2, 0) is 11.3 Å². The van der Waals surface area contributed by atoms with E-state index in [1.165, 1.54) is 35.2 Å². The maximum Gasteiger partial charge on any atom is 0.262 e. The fourth-order valence-electron chi connectivity index (χ4n) is 4.92. The maximum atomic E-state index is 13.0. The average Bonchev–Trinajstić information content (AvgIpc) is 3.04. The zero-order valence-electron chi connectivity index (χ0n) is 18.9. The van der Waals surface area contributed by atoms with Gasteiger partial charge in [-0.3, -0.25) is 14.2 Å². The summed E-state index contributed by atoms with van der Waals surface area (Å²) in [5.74, 6) is 0.171. The summed E-state index contributed by atoms with van der Waals surface area (Å²) in [4.78, 5) is 36.3. The second-order valence-electron chi connectivity index (χ2n) is 9.38. The summed E-state index contributed by atoms with van der Waals surface area (Å²) in [6.07, 6.45) is 6.77. The second-order valence-corrected chi connectivity index (χ2v) is 10.6. The molecule has 2 aromatic heterocycles. The molecule has 1 N–H and O–H groups in total. The predicted molar refractivity (Wildman–Crippen MR) is 124 cm³/mol. The first-order valence-electron chi connectivity index (χ1n) is 11.5. The van der Waals surface area contributed by atoms with Gasteiger partial charge in [0.05, 0.1) is 23.9 Å². The van der Waals surface area contributed by atoms with Crippen molar-refractivity contribution in [3.8, 4) is 0 Å². The minimum absolute atomic E-state index is 0.0885. The number of aromatic nitrogens is 2. The molecule has 31 heavy (non-hydrogen) atoms. The molecule has 4 heterocycles. The molecule has 0 spiro atoms. The van der Waals surface area contributed by atoms with Crippen molar-refractivity contribution in [2.45, 2.75) is 77.5 Å². The number of aliphatic hydroxyl groups is 1. The first kappa shape index (κ1) is 22.4. The van der Waals surface area contributed by atoms with Gasteiger partial charge in [-0.15, -0.1) is 11.3 Å². The molecule has 0 aromatic carbocycles. The first-order chi connectivity index (χ1) is 14.8. The van der Waals surface area contributed by atoms with E-state index in [1.807, 2.05) is 18.7 Å². The quantitative estimate of drug-likeness (QED) is 0.764. The van der Waals surface area contributed by atoms with Crippen molar-refractivity contribution >= 4 is 27.5 Å². The second kappa shape index (κ2) is 9.00. The van der Waals surface area contributed by atoms with Gasteiger partial charge in [-0.25, -0.2) is 4.98 Å². The van der Waals surface area contributed by atoms with Crippen LogP contribution in [0.1, 0.15) is 55.9 Å². The normalized spacial score (nSPS) is 22.2. The fourth-order valence-corrected chi connectivity index (χ4v) is 5.90. The molecule has 1 amide bonds. The van der Waals surface area contributed by atoms with E-state index in [0.717, 1.165) is 28.4 Å². The third-order valence-corrected chi connectivity index (χ3v) is 8.34. The molecule has 1 unspecified atom stereocenters. The summed E-state index contributed by atoms with van der Waals surface area (Å²) in [7, 11) is 0. The van der Waals surface area contributed by atoms with Crippen LogP contribution in [0.4, 0.5) is 0 Å². The zero-order chi connectivity index (χ0) is 22.2. The Morgan fingerprint density at radius 3 is 2.71 bits per heavy atom. The number of fused-ring (bicyclic) bond motifs is 1. The summed E-state index contributed by atoms with van der Waals surface area (Å²) in [6.45, 7) is 9.39. The summed E-state index contributed by atoms with van der Waals surface area (Å²) in [6, 6.07) is 0.563. The lowest BCUT2D eigenvalue weighted by molar-refractivity contribution is -0.136. The minimum Gasteiger partial charge on any atom is -0.388 e. The van der Waals surface area contributed by atoms with Gasteiger partial charge in [0.15, 0.2) is 0 Å². The molecule has 2 aliphatic rings. The van der Waals surface area contributed by atoms with E-state index in [9.17, 15) is 14.7 Å². The Hall–Kier alpha value is -1.77. The molecule has 4 rings (SSSR count). The van der Waals surface area contributed by atoms with Crippen molar-refractivity contribution in [3.63, 3.8) is 0 Å². The number of carbonyl (C=O) groups is 1. The van der Waals surface area contributed by atoms with Crippen molar-refractivity contribution in [2.24, 2.45) is 0 Å². The standard InChI is InChI=1S/C23H34N4O3S/c1-16-6-4-5-10-25(16)11-7-19(28)26-12-8-23(30,9-13-26)14-27-15-24-21-20(22(27)29)17(2)18(3)31-21/h15-16,30H,4-14H2,1-3H3. The number of nitrogens with zero attached hydrogens (tertiary/aromatic N) is 4. The van der Waals surface area contributed by atoms with Crippen molar-refractivity contribution in [2.75, 3.05) is 26.2 Å². The summed E-state index contributed by atoms with van der Waals surface area (Å²) < 4.78 is 1.54. The van der Waals surface area contributed by atoms with E-state index < -0.39 is 5.60 Å². The van der Waals surface area contributed by atoms with Gasteiger partial charge in [-0.2, -0.15) is 0 Å². The molecule has 0 radical (unpaired) electrons. The smallest absolute Gasteiger partial charge is 0.262 e. The highest BCUT2D eigenvalue weighted by Crippen LogP contribution is 2.27. The molecule has 0 bridgehead atoms. The fraction of sp³-hybridized carbons (Fsp3) is 0.696. The van der Waals surface area contributed by atoms with Gasteiger partial charge >= 0.3 is 0 Å². The van der Waals surface area contributed by atoms with Gasteiger partial charge in [0, 0.05) is 37.0 Å². The number of carbonyl (C=O) groups excluding carboxylic acids is 1. The first-order valence-corrected chi connectivity index (χ1v) is 12.3. The molecule has 0 saturated carbocycles. The van der Waals surface area contributed by atoms with E-state index >= 15 is 0 Å². The highest BCUT2D eigenvalue weighted by molar-refractivity contribution is 7.18. The van der Waals surface area contributed by atoms with Crippen LogP contribution in [-0.4, -0.2) is 68.2 Å². The Labute approximate surface area is 187 Å². The monoisotopic (exact) mass is 446 g/mol. The largest absolute Gasteiger partial charge is 0.388 e. The van der Waals surface area contributed by atoms with Crippen LogP contribution in [0, 0.1) is 13.8 Å². The highest BCUT2D eigenvalue weighted by atomic mass is 32.1. The minimum atomic E-state index is -0.990. The lowest BCUT2D eigenvalue weighted by Gasteiger charge is -2.39. The van der Waals surface area contributed by atoms with E-state index in [2.05, 4.69) is 16.8 Å². The third kappa shape index (κ3) is 4.71. The molecular formula is C23H34N4O3S. The van der Waals surface area contributed by atoms with Crippen molar-refractivity contribution in [1.82, 2.24) is 19.4 Å². The number of hydrogen-bond acceptors (Lipinski definition) is 6. The van der Waals surface area contributed by atoms with Crippen LogP contribution in [0.3, 0.4) is 0 Å². The van der Waals surface area contributed by atoms with Crippen molar-refractivity contribution < 1.29 is 9.90 Å². The van der Waals surface area contributed by atoms with Crippen molar-refractivity contribution in [3.05, 3.63) is 27.1 Å². The number of piperidine rings is 2. The molecule has 8 heteroatoms. The Balaban J connectivity index is 1.35. The average molecular weight is 447 g/mol. The van der Waals surface area contributed by atoms with Gasteiger partial charge < -0.3 is 14.9 Å². The topological polar surface area (TPSA) is 78.7 Å². The van der Waals surface area contributed by atoms with Crippen LogP contribution >= 0.6 is 11.3 Å². The Morgan fingerprint density at radius 1 is 1.26 bits per heavy atom. The van der Waals surface area contributed by atoms with Crippen LogP contribution in [0.25, 0.3) is 10.2 Å². The van der Waals surface area contributed by atoms with E-state index in [-0.39, 0.29) is 18.0 Å². The molecule has 2 aromatic rings. The molecule has 1 atom stereocenters. The molecule has 2 aliphatic heterocycles. The van der Waals surface area contributed by atoms with Gasteiger partial charge in [0.25, 0.3) is 5.56 Å². The Kier molecular flexibility index (Phi) is 6.51. The van der Waals surface area contributed by atoms with Crippen LogP contribution in [0.15, 0.2) is 11.1 Å². The lowest BCUT2D eigenvalue weighted by Crippen LogP contribution is -2.50. The molecular weight excluding hydrogens is 412 g/mol. The molecule has 7 nitrogen and oxygen atoms in total. The number of rotatable bonds is 5. The SMILES string of the molecule is Cc1sc2ncn(CC3(O)CCN(C(=O)CCN4CCCCC4C)CC3)c(=O)c2c1C. The van der Waals surface area contributed by atoms with E-state index in [1.54, 1.807) is 6.33 Å². The maximum absolute atomic E-state index is 13.0. The van der Waals surface area contributed by atoms with Crippen LogP contribution in [0.5, 0.6) is 0 Å². The highest BCUT2D eigenvalue weighted by Gasteiger charge is 2.35. The predicted octanol–water partition coefficient (Wildman–Crippen LogP) is 2.69. The van der Waals surface area contributed by atoms with Crippen LogP contribution in [0.2, 0.25) is 0 Å². The van der Waals surface area contributed by atoms with E-state index in [0.29, 0.717) is 43.8 Å². The van der Waals surface area contributed by atoms with Gasteiger partial charge in [0.2, 0.25) is 5.91 Å². The molecule has 0 aliphatic carbocycles. The Morgan fingerprint density at radius 2 is 2.00 bits per heavy atom. The molecule has 2 saturated heterocycles. The molecule has 170 valence electrons. The third-order valence-electron chi connectivity index (χ3n) is 7.22. The zero-order valence-corrected chi connectivity index (χ0v) is 19.7. The van der Waals surface area contributed by atoms with E-state index in [4.69, 9.17) is 0 Å².